The summed E-state index contributed by atoms with van der Waals surface area (Å²) in [6.07, 6.45) is 1.78. The molecule has 0 aromatic carbocycles. The van der Waals surface area contributed by atoms with Gasteiger partial charge in [0.2, 0.25) is 0 Å². The maximum absolute atomic E-state index is 10.9. The van der Waals surface area contributed by atoms with Crippen molar-refractivity contribution in [1.29, 1.82) is 0 Å². The number of halogens is 1. The van der Waals surface area contributed by atoms with Crippen molar-refractivity contribution in [3.8, 4) is 0 Å². The first kappa shape index (κ1) is 12.4. The van der Waals surface area contributed by atoms with E-state index in [1.54, 1.807) is 24.0 Å². The highest BCUT2D eigenvalue weighted by Gasteiger charge is 2.12. The lowest BCUT2D eigenvalue weighted by atomic mass is 10.3. The van der Waals surface area contributed by atoms with E-state index in [-0.39, 0.29) is 10.7 Å². The number of anilines is 2. The molecule has 2 N–H and O–H groups in total. The Morgan fingerprint density at radius 2 is 2.22 bits per heavy atom. The largest absolute Gasteiger partial charge is 0.476 e. The third-order valence-corrected chi connectivity index (χ3v) is 2.63. The molecule has 0 bridgehead atoms. The molecular formula is C11H11ClN4O2. The minimum atomic E-state index is -1.16. The average molecular weight is 267 g/mol. The summed E-state index contributed by atoms with van der Waals surface area (Å²) in [4.78, 5) is 14.8. The lowest BCUT2D eigenvalue weighted by Gasteiger charge is -2.05. The Bertz CT molecular complexity index is 609. The van der Waals surface area contributed by atoms with Gasteiger partial charge in [0.15, 0.2) is 5.69 Å². The van der Waals surface area contributed by atoms with Gasteiger partial charge in [0.25, 0.3) is 0 Å². The second-order valence-electron chi connectivity index (χ2n) is 3.76. The summed E-state index contributed by atoms with van der Waals surface area (Å²) < 4.78 is 1.66. The molecule has 18 heavy (non-hydrogen) atoms. The SMILES string of the molecule is Cc1nn(C)cc1Nc1ccc(Cl)c(C(=O)O)n1. The lowest BCUT2D eigenvalue weighted by Crippen LogP contribution is -2.04. The van der Waals surface area contributed by atoms with Gasteiger partial charge in [0.05, 0.1) is 16.4 Å². The van der Waals surface area contributed by atoms with E-state index in [1.807, 2.05) is 6.92 Å². The average Bonchev–Trinajstić information content (AvgIpc) is 2.60. The molecule has 0 saturated carbocycles. The van der Waals surface area contributed by atoms with Gasteiger partial charge in [-0.1, -0.05) is 11.6 Å². The van der Waals surface area contributed by atoms with E-state index in [2.05, 4.69) is 15.4 Å². The number of aromatic carboxylic acids is 1. The Balaban J connectivity index is 2.32. The minimum absolute atomic E-state index is 0.107. The first-order chi connectivity index (χ1) is 8.47. The summed E-state index contributed by atoms with van der Waals surface area (Å²) in [5.74, 6) is -0.751. The zero-order valence-corrected chi connectivity index (χ0v) is 10.6. The molecule has 0 aliphatic rings. The summed E-state index contributed by atoms with van der Waals surface area (Å²) >= 11 is 5.74. The molecule has 0 unspecified atom stereocenters. The fraction of sp³-hybridized carbons (Fsp3) is 0.182. The van der Waals surface area contributed by atoms with E-state index in [1.165, 1.54) is 6.07 Å². The monoisotopic (exact) mass is 266 g/mol. The molecule has 0 fully saturated rings. The third kappa shape index (κ3) is 2.43. The molecule has 6 nitrogen and oxygen atoms in total. The van der Waals surface area contributed by atoms with Gasteiger partial charge in [-0.25, -0.2) is 9.78 Å². The third-order valence-electron chi connectivity index (χ3n) is 2.32. The van der Waals surface area contributed by atoms with Gasteiger partial charge in [0, 0.05) is 13.2 Å². The molecule has 0 radical (unpaired) electrons. The molecule has 2 aromatic heterocycles. The van der Waals surface area contributed by atoms with Crippen LogP contribution in [0.2, 0.25) is 5.02 Å². The molecule has 94 valence electrons. The Morgan fingerprint density at radius 1 is 1.50 bits per heavy atom. The van der Waals surface area contributed by atoms with Crippen molar-refractivity contribution in [2.45, 2.75) is 6.92 Å². The molecule has 0 saturated heterocycles. The van der Waals surface area contributed by atoms with Gasteiger partial charge in [-0.2, -0.15) is 5.10 Å². The number of aromatic nitrogens is 3. The number of rotatable bonds is 3. The summed E-state index contributed by atoms with van der Waals surface area (Å²) in [6.45, 7) is 1.84. The standard InChI is InChI=1S/C11H11ClN4O2/c1-6-8(5-16(2)15-6)13-9-4-3-7(12)10(14-9)11(17)18/h3-5H,1-2H3,(H,13,14)(H,17,18). The number of aryl methyl sites for hydroxylation is 2. The summed E-state index contributed by atoms with van der Waals surface area (Å²) in [5, 5.41) is 16.2. The normalized spacial score (nSPS) is 10.4. The Labute approximate surface area is 108 Å². The highest BCUT2D eigenvalue weighted by molar-refractivity contribution is 6.33. The van der Waals surface area contributed by atoms with Crippen LogP contribution in [-0.2, 0) is 7.05 Å². The van der Waals surface area contributed by atoms with Crippen molar-refractivity contribution in [2.24, 2.45) is 7.05 Å². The Hall–Kier alpha value is -2.08. The van der Waals surface area contributed by atoms with Crippen LogP contribution in [0.5, 0.6) is 0 Å². The smallest absolute Gasteiger partial charge is 0.356 e. The maximum Gasteiger partial charge on any atom is 0.356 e. The molecule has 2 heterocycles. The zero-order chi connectivity index (χ0) is 13.3. The van der Waals surface area contributed by atoms with E-state index in [4.69, 9.17) is 16.7 Å². The van der Waals surface area contributed by atoms with Crippen LogP contribution in [0.25, 0.3) is 0 Å². The van der Waals surface area contributed by atoms with Crippen molar-refractivity contribution in [2.75, 3.05) is 5.32 Å². The predicted octanol–water partition coefficient (Wildman–Crippen LogP) is 2.22. The summed E-state index contributed by atoms with van der Waals surface area (Å²) in [6, 6.07) is 3.10. The van der Waals surface area contributed by atoms with Crippen molar-refractivity contribution < 1.29 is 9.90 Å². The van der Waals surface area contributed by atoms with Gasteiger partial charge < -0.3 is 10.4 Å². The van der Waals surface area contributed by atoms with Crippen molar-refractivity contribution in [3.05, 3.63) is 34.7 Å². The van der Waals surface area contributed by atoms with Crippen LogP contribution in [0.4, 0.5) is 11.5 Å². The number of carboxylic acids is 1. The number of hydrogen-bond donors (Lipinski definition) is 2. The number of nitrogens with zero attached hydrogens (tertiary/aromatic N) is 3. The van der Waals surface area contributed by atoms with Gasteiger partial charge in [-0.05, 0) is 19.1 Å². The van der Waals surface area contributed by atoms with E-state index in [0.717, 1.165) is 11.4 Å². The van der Waals surface area contributed by atoms with Crippen LogP contribution < -0.4 is 5.32 Å². The summed E-state index contributed by atoms with van der Waals surface area (Å²) in [7, 11) is 1.80. The minimum Gasteiger partial charge on any atom is -0.476 e. The quantitative estimate of drug-likeness (QED) is 0.890. The van der Waals surface area contributed by atoms with Gasteiger partial charge in [-0.3, -0.25) is 4.68 Å². The van der Waals surface area contributed by atoms with Crippen LogP contribution in [0.1, 0.15) is 16.2 Å². The van der Waals surface area contributed by atoms with Crippen LogP contribution in [-0.4, -0.2) is 25.8 Å². The van der Waals surface area contributed by atoms with Gasteiger partial charge in [-0.15, -0.1) is 0 Å². The second kappa shape index (κ2) is 4.66. The Morgan fingerprint density at radius 3 is 2.78 bits per heavy atom. The van der Waals surface area contributed by atoms with Crippen LogP contribution in [0.3, 0.4) is 0 Å². The van der Waals surface area contributed by atoms with Crippen LogP contribution in [0, 0.1) is 6.92 Å². The number of carboxylic acid groups (broad SMARTS) is 1. The van der Waals surface area contributed by atoms with Crippen molar-refractivity contribution >= 4 is 29.1 Å². The van der Waals surface area contributed by atoms with E-state index in [9.17, 15) is 4.79 Å². The molecule has 0 atom stereocenters. The van der Waals surface area contributed by atoms with Gasteiger partial charge >= 0.3 is 5.97 Å². The molecular weight excluding hydrogens is 256 g/mol. The fourth-order valence-corrected chi connectivity index (χ4v) is 1.71. The Kier molecular flexibility index (Phi) is 3.20. The van der Waals surface area contributed by atoms with Crippen LogP contribution in [0.15, 0.2) is 18.3 Å². The van der Waals surface area contributed by atoms with Gasteiger partial charge in [0.1, 0.15) is 5.82 Å². The second-order valence-corrected chi connectivity index (χ2v) is 4.17. The van der Waals surface area contributed by atoms with E-state index < -0.39 is 5.97 Å². The molecule has 7 heteroatoms. The number of nitrogens with one attached hydrogen (secondary N) is 1. The highest BCUT2D eigenvalue weighted by Crippen LogP contribution is 2.21. The molecule has 0 aliphatic carbocycles. The first-order valence-corrected chi connectivity index (χ1v) is 5.52. The highest BCUT2D eigenvalue weighted by atomic mass is 35.5. The topological polar surface area (TPSA) is 80.0 Å². The molecule has 2 rings (SSSR count). The maximum atomic E-state index is 10.9. The fourth-order valence-electron chi connectivity index (χ4n) is 1.52. The van der Waals surface area contributed by atoms with E-state index in [0.29, 0.717) is 5.82 Å². The molecule has 2 aromatic rings. The van der Waals surface area contributed by atoms with Crippen LogP contribution >= 0.6 is 11.6 Å². The number of carbonyl (C=O) groups is 1. The van der Waals surface area contributed by atoms with Crippen molar-refractivity contribution in [1.82, 2.24) is 14.8 Å². The lowest BCUT2D eigenvalue weighted by molar-refractivity contribution is 0.0691. The number of pyridine rings is 1. The zero-order valence-electron chi connectivity index (χ0n) is 9.81. The molecule has 0 amide bonds. The number of hydrogen-bond acceptors (Lipinski definition) is 4. The van der Waals surface area contributed by atoms with E-state index >= 15 is 0 Å². The predicted molar refractivity (Wildman–Crippen MR) is 67.4 cm³/mol. The summed E-state index contributed by atoms with van der Waals surface area (Å²) in [5.41, 5.74) is 1.39. The molecule has 0 spiro atoms. The van der Waals surface area contributed by atoms with Crippen molar-refractivity contribution in [3.63, 3.8) is 0 Å². The first-order valence-electron chi connectivity index (χ1n) is 5.14. The molecule has 0 aliphatic heterocycles.